The van der Waals surface area contributed by atoms with Gasteiger partial charge in [0.1, 0.15) is 6.54 Å². The Morgan fingerprint density at radius 1 is 0.897 bits per heavy atom. The molecule has 0 saturated heterocycles. The van der Waals surface area contributed by atoms with Crippen LogP contribution in [0.5, 0.6) is 0 Å². The lowest BCUT2D eigenvalue weighted by Gasteiger charge is -2.09. The second-order valence-electron chi connectivity index (χ2n) is 6.38. The van der Waals surface area contributed by atoms with Crippen molar-refractivity contribution in [2.45, 2.75) is 13.5 Å². The maximum absolute atomic E-state index is 12.3. The van der Waals surface area contributed by atoms with Crippen LogP contribution in [0.2, 0.25) is 10.0 Å². The van der Waals surface area contributed by atoms with Gasteiger partial charge in [0.2, 0.25) is 5.91 Å². The first-order chi connectivity index (χ1) is 13.8. The number of hydrogen-bond acceptors (Lipinski definition) is 3. The molecule has 8 heteroatoms. The highest BCUT2D eigenvalue weighted by atomic mass is 35.5. The molecule has 0 spiro atoms. The smallest absolute Gasteiger partial charge is 0.255 e. The van der Waals surface area contributed by atoms with E-state index in [4.69, 9.17) is 23.2 Å². The van der Waals surface area contributed by atoms with Crippen LogP contribution >= 0.6 is 23.2 Å². The molecule has 2 aromatic carbocycles. The highest BCUT2D eigenvalue weighted by molar-refractivity contribution is 6.42. The number of nitrogens with zero attached hydrogens (tertiary/aromatic N) is 1. The van der Waals surface area contributed by atoms with Crippen molar-refractivity contribution < 1.29 is 9.59 Å². The molecule has 0 fully saturated rings. The van der Waals surface area contributed by atoms with Crippen molar-refractivity contribution in [1.29, 1.82) is 0 Å². The van der Waals surface area contributed by atoms with E-state index in [0.717, 1.165) is 5.56 Å². The molecule has 3 rings (SSSR count). The molecule has 148 valence electrons. The third-order valence-corrected chi connectivity index (χ3v) is 4.79. The lowest BCUT2D eigenvalue weighted by atomic mass is 10.2. The van der Waals surface area contributed by atoms with Crippen LogP contribution < -0.4 is 16.2 Å². The third-order valence-electron chi connectivity index (χ3n) is 4.05. The van der Waals surface area contributed by atoms with E-state index in [1.165, 1.54) is 10.6 Å². The summed E-state index contributed by atoms with van der Waals surface area (Å²) in [5.74, 6) is -0.668. The molecule has 0 aliphatic rings. The fourth-order valence-electron chi connectivity index (χ4n) is 2.61. The normalized spacial score (nSPS) is 10.4. The molecule has 2 N–H and O–H groups in total. The van der Waals surface area contributed by atoms with E-state index < -0.39 is 0 Å². The molecule has 2 amide bonds. The van der Waals surface area contributed by atoms with Gasteiger partial charge in [-0.2, -0.15) is 0 Å². The number of aryl methyl sites for hydroxylation is 1. The van der Waals surface area contributed by atoms with Crippen LogP contribution in [0.25, 0.3) is 0 Å². The first-order valence-corrected chi connectivity index (χ1v) is 9.41. The summed E-state index contributed by atoms with van der Waals surface area (Å²) in [7, 11) is 0. The molecule has 1 aromatic heterocycles. The zero-order chi connectivity index (χ0) is 21.0. The largest absolute Gasteiger partial charge is 0.325 e. The van der Waals surface area contributed by atoms with Gasteiger partial charge >= 0.3 is 0 Å². The SMILES string of the molecule is Cc1ccc(=O)n(CC(=O)Nc2ccc(C(=O)Nc3ccc(Cl)c(Cl)c3)cc2)c1. The van der Waals surface area contributed by atoms with Gasteiger partial charge < -0.3 is 15.2 Å². The van der Waals surface area contributed by atoms with Crippen molar-refractivity contribution in [3.05, 3.63) is 92.3 Å². The average molecular weight is 430 g/mol. The molecular weight excluding hydrogens is 413 g/mol. The van der Waals surface area contributed by atoms with Crippen LogP contribution in [0.3, 0.4) is 0 Å². The quantitative estimate of drug-likeness (QED) is 0.632. The minimum Gasteiger partial charge on any atom is -0.325 e. The van der Waals surface area contributed by atoms with E-state index in [-0.39, 0.29) is 23.9 Å². The van der Waals surface area contributed by atoms with Crippen LogP contribution in [0.1, 0.15) is 15.9 Å². The summed E-state index contributed by atoms with van der Waals surface area (Å²) in [4.78, 5) is 36.3. The van der Waals surface area contributed by atoms with Crippen LogP contribution in [0.4, 0.5) is 11.4 Å². The maximum Gasteiger partial charge on any atom is 0.255 e. The van der Waals surface area contributed by atoms with Crippen LogP contribution in [0.15, 0.2) is 65.6 Å². The molecule has 0 unspecified atom stereocenters. The Labute approximate surface area is 177 Å². The summed E-state index contributed by atoms with van der Waals surface area (Å²) >= 11 is 11.8. The summed E-state index contributed by atoms with van der Waals surface area (Å²) < 4.78 is 1.34. The Kier molecular flexibility index (Phi) is 6.36. The topological polar surface area (TPSA) is 80.2 Å². The molecule has 6 nitrogen and oxygen atoms in total. The van der Waals surface area contributed by atoms with Gasteiger partial charge in [-0.25, -0.2) is 0 Å². The van der Waals surface area contributed by atoms with E-state index in [1.807, 2.05) is 6.92 Å². The van der Waals surface area contributed by atoms with Crippen molar-refractivity contribution in [3.8, 4) is 0 Å². The summed E-state index contributed by atoms with van der Waals surface area (Å²) in [5, 5.41) is 6.17. The van der Waals surface area contributed by atoms with Gasteiger partial charge in [0, 0.05) is 29.2 Å². The summed E-state index contributed by atoms with van der Waals surface area (Å²) in [6, 6.07) is 14.3. The second-order valence-corrected chi connectivity index (χ2v) is 7.20. The Bertz CT molecular complexity index is 1120. The first kappa shape index (κ1) is 20.6. The van der Waals surface area contributed by atoms with Gasteiger partial charge in [0.25, 0.3) is 11.5 Å². The maximum atomic E-state index is 12.3. The number of benzene rings is 2. The number of anilines is 2. The molecule has 0 radical (unpaired) electrons. The number of rotatable bonds is 5. The molecular formula is C21H17Cl2N3O3. The van der Waals surface area contributed by atoms with Crippen molar-refractivity contribution >= 4 is 46.4 Å². The lowest BCUT2D eigenvalue weighted by molar-refractivity contribution is -0.116. The third kappa shape index (κ3) is 5.47. The van der Waals surface area contributed by atoms with Gasteiger partial charge in [0.15, 0.2) is 0 Å². The number of pyridine rings is 1. The van der Waals surface area contributed by atoms with Gasteiger partial charge in [-0.05, 0) is 55.0 Å². The van der Waals surface area contributed by atoms with Crippen molar-refractivity contribution in [1.82, 2.24) is 4.57 Å². The van der Waals surface area contributed by atoms with E-state index >= 15 is 0 Å². The molecule has 3 aromatic rings. The molecule has 1 heterocycles. The van der Waals surface area contributed by atoms with E-state index in [0.29, 0.717) is 27.0 Å². The van der Waals surface area contributed by atoms with Crippen molar-refractivity contribution in [3.63, 3.8) is 0 Å². The van der Waals surface area contributed by atoms with Gasteiger partial charge in [-0.15, -0.1) is 0 Å². The number of carbonyl (C=O) groups excluding carboxylic acids is 2. The molecule has 0 bridgehead atoms. The number of amides is 2. The predicted molar refractivity (Wildman–Crippen MR) is 115 cm³/mol. The van der Waals surface area contributed by atoms with E-state index in [1.54, 1.807) is 54.7 Å². The van der Waals surface area contributed by atoms with E-state index in [2.05, 4.69) is 10.6 Å². The Morgan fingerprint density at radius 2 is 1.59 bits per heavy atom. The number of nitrogens with one attached hydrogen (secondary N) is 2. The zero-order valence-electron chi connectivity index (χ0n) is 15.4. The fourth-order valence-corrected chi connectivity index (χ4v) is 2.91. The summed E-state index contributed by atoms with van der Waals surface area (Å²) in [6.45, 7) is 1.75. The second kappa shape index (κ2) is 8.94. The molecule has 0 aliphatic carbocycles. The minimum absolute atomic E-state index is 0.0971. The predicted octanol–water partition coefficient (Wildman–Crippen LogP) is 4.35. The number of halogens is 2. The van der Waals surface area contributed by atoms with Crippen LogP contribution in [0, 0.1) is 6.92 Å². The highest BCUT2D eigenvalue weighted by Crippen LogP contribution is 2.25. The number of carbonyl (C=O) groups is 2. The number of aromatic nitrogens is 1. The zero-order valence-corrected chi connectivity index (χ0v) is 16.9. The standard InChI is InChI=1S/C21H17Cl2N3O3/c1-13-2-9-20(28)26(11-13)12-19(27)24-15-5-3-14(4-6-15)21(29)25-16-7-8-17(22)18(23)10-16/h2-11H,12H2,1H3,(H,24,27)(H,25,29). The molecule has 29 heavy (non-hydrogen) atoms. The van der Waals surface area contributed by atoms with Crippen molar-refractivity contribution in [2.75, 3.05) is 10.6 Å². The Hall–Kier alpha value is -3.09. The van der Waals surface area contributed by atoms with Gasteiger partial charge in [0.05, 0.1) is 10.0 Å². The molecule has 0 saturated carbocycles. The Morgan fingerprint density at radius 3 is 2.28 bits per heavy atom. The molecule has 0 atom stereocenters. The highest BCUT2D eigenvalue weighted by Gasteiger charge is 2.09. The van der Waals surface area contributed by atoms with Gasteiger partial charge in [-0.1, -0.05) is 29.3 Å². The monoisotopic (exact) mass is 429 g/mol. The van der Waals surface area contributed by atoms with Crippen molar-refractivity contribution in [2.24, 2.45) is 0 Å². The van der Waals surface area contributed by atoms with Crippen LogP contribution in [-0.4, -0.2) is 16.4 Å². The summed E-state index contributed by atoms with van der Waals surface area (Å²) in [6.07, 6.45) is 1.62. The molecule has 0 aliphatic heterocycles. The fraction of sp³-hybridized carbons (Fsp3) is 0.0952. The lowest BCUT2D eigenvalue weighted by Crippen LogP contribution is -2.26. The minimum atomic E-state index is -0.342. The first-order valence-electron chi connectivity index (χ1n) is 8.65. The Balaban J connectivity index is 1.62. The number of hydrogen-bond donors (Lipinski definition) is 2. The van der Waals surface area contributed by atoms with E-state index in [9.17, 15) is 14.4 Å². The van der Waals surface area contributed by atoms with Gasteiger partial charge in [-0.3, -0.25) is 14.4 Å². The summed E-state index contributed by atoms with van der Waals surface area (Å²) in [5.41, 5.74) is 2.07. The van der Waals surface area contributed by atoms with Crippen LogP contribution in [-0.2, 0) is 11.3 Å². The average Bonchev–Trinajstić information content (AvgIpc) is 2.68.